The minimum absolute atomic E-state index is 0.759. The lowest BCUT2D eigenvalue weighted by Crippen LogP contribution is -1.99. The van der Waals surface area contributed by atoms with Crippen LogP contribution in [-0.2, 0) is 0 Å². The van der Waals surface area contributed by atoms with Gasteiger partial charge in [0.1, 0.15) is 22.3 Å². The summed E-state index contributed by atoms with van der Waals surface area (Å²) in [5, 5.41) is 1.06. The van der Waals surface area contributed by atoms with Gasteiger partial charge in [-0.2, -0.15) is 0 Å². The largest absolute Gasteiger partial charge is 0.497 e. The van der Waals surface area contributed by atoms with Crippen LogP contribution in [0.1, 0.15) is 0 Å². The van der Waals surface area contributed by atoms with Crippen molar-refractivity contribution in [2.45, 2.75) is 0 Å². The van der Waals surface area contributed by atoms with Crippen LogP contribution in [0.4, 0.5) is 0 Å². The van der Waals surface area contributed by atoms with Gasteiger partial charge in [0.2, 0.25) is 0 Å². The van der Waals surface area contributed by atoms with Crippen LogP contribution in [0.3, 0.4) is 0 Å². The zero-order chi connectivity index (χ0) is 22.6. The van der Waals surface area contributed by atoms with E-state index in [1.807, 2.05) is 60.7 Å². The molecule has 0 saturated heterocycles. The Bertz CT molecular complexity index is 1850. The lowest BCUT2D eigenvalue weighted by atomic mass is 10.2. The molecule has 0 unspecified atom stereocenters. The number of para-hydroxylation sites is 2. The second-order valence-corrected chi connectivity index (χ2v) is 8.16. The second kappa shape index (κ2) is 7.15. The van der Waals surface area contributed by atoms with Crippen molar-refractivity contribution in [3.8, 4) is 17.1 Å². The standard InChI is InChI=1S/C28H19N5O/c1-34-20-12-7-11-19(17-20)33-23-15-8-16-29-25(23)26-28(33)31-27-24(30-26)21-13-5-6-14-22(21)32(27)18-9-3-2-4-10-18/h2-17H,1H3. The first-order valence-corrected chi connectivity index (χ1v) is 11.1. The van der Waals surface area contributed by atoms with Gasteiger partial charge in [-0.3, -0.25) is 14.1 Å². The molecule has 0 aliphatic rings. The quantitative estimate of drug-likeness (QED) is 0.334. The Kier molecular flexibility index (Phi) is 3.96. The normalized spacial score (nSPS) is 11.7. The maximum atomic E-state index is 5.50. The van der Waals surface area contributed by atoms with Crippen LogP contribution in [0, 0.1) is 0 Å². The maximum absolute atomic E-state index is 5.50. The first kappa shape index (κ1) is 18.8. The SMILES string of the molecule is COc1cccc(-n2c3cccnc3c3nc4c5ccccc5n(-c5ccccc5)c4nc32)c1. The molecule has 6 nitrogen and oxygen atoms in total. The summed E-state index contributed by atoms with van der Waals surface area (Å²) in [6.45, 7) is 0. The van der Waals surface area contributed by atoms with E-state index in [2.05, 4.69) is 44.5 Å². The highest BCUT2D eigenvalue weighted by Crippen LogP contribution is 2.35. The van der Waals surface area contributed by atoms with Crippen molar-refractivity contribution in [3.63, 3.8) is 0 Å². The van der Waals surface area contributed by atoms with Crippen molar-refractivity contribution in [3.05, 3.63) is 97.2 Å². The number of hydrogen-bond donors (Lipinski definition) is 0. The molecule has 0 saturated carbocycles. The number of hydrogen-bond acceptors (Lipinski definition) is 4. The van der Waals surface area contributed by atoms with Gasteiger partial charge in [-0.25, -0.2) is 9.97 Å². The number of rotatable bonds is 3. The zero-order valence-electron chi connectivity index (χ0n) is 18.4. The molecule has 4 aromatic heterocycles. The van der Waals surface area contributed by atoms with E-state index < -0.39 is 0 Å². The molecule has 0 amide bonds. The van der Waals surface area contributed by atoms with Crippen molar-refractivity contribution < 1.29 is 4.74 Å². The monoisotopic (exact) mass is 441 g/mol. The van der Waals surface area contributed by atoms with Gasteiger partial charge in [-0.1, -0.05) is 42.5 Å². The Labute approximate surface area is 194 Å². The number of fused-ring (bicyclic) bond motifs is 6. The van der Waals surface area contributed by atoms with Crippen LogP contribution in [-0.4, -0.2) is 31.2 Å². The molecule has 0 bridgehead atoms. The summed E-state index contributed by atoms with van der Waals surface area (Å²) in [6, 6.07) is 30.6. The summed E-state index contributed by atoms with van der Waals surface area (Å²) >= 11 is 0. The van der Waals surface area contributed by atoms with Gasteiger partial charge in [0.15, 0.2) is 11.3 Å². The summed E-state index contributed by atoms with van der Waals surface area (Å²) in [6.07, 6.45) is 1.80. The van der Waals surface area contributed by atoms with E-state index in [0.29, 0.717) is 0 Å². The van der Waals surface area contributed by atoms with E-state index in [1.54, 1.807) is 13.3 Å². The number of aromatic nitrogens is 5. The van der Waals surface area contributed by atoms with E-state index in [4.69, 9.17) is 14.7 Å². The van der Waals surface area contributed by atoms with Gasteiger partial charge in [0.25, 0.3) is 0 Å². The van der Waals surface area contributed by atoms with Gasteiger partial charge < -0.3 is 4.74 Å². The third kappa shape index (κ3) is 2.59. The average Bonchev–Trinajstić information content (AvgIpc) is 3.40. The van der Waals surface area contributed by atoms with Crippen molar-refractivity contribution in [2.24, 2.45) is 0 Å². The third-order valence-electron chi connectivity index (χ3n) is 6.26. The lowest BCUT2D eigenvalue weighted by Gasteiger charge is -2.09. The fourth-order valence-electron chi connectivity index (χ4n) is 4.78. The molecular weight excluding hydrogens is 422 g/mol. The topological polar surface area (TPSA) is 57.8 Å². The highest BCUT2D eigenvalue weighted by molar-refractivity contribution is 6.11. The molecular formula is C28H19N5O. The second-order valence-electron chi connectivity index (χ2n) is 8.16. The predicted octanol–water partition coefficient (Wildman–Crippen LogP) is 6.07. The molecule has 0 atom stereocenters. The van der Waals surface area contributed by atoms with Crippen LogP contribution in [0.5, 0.6) is 5.75 Å². The Morgan fingerprint density at radius 1 is 0.618 bits per heavy atom. The Hall–Kier alpha value is -4.71. The Morgan fingerprint density at radius 3 is 2.24 bits per heavy atom. The molecule has 0 spiro atoms. The van der Waals surface area contributed by atoms with Crippen molar-refractivity contribution in [1.29, 1.82) is 0 Å². The van der Waals surface area contributed by atoms with E-state index in [9.17, 15) is 0 Å². The molecule has 7 aromatic rings. The summed E-state index contributed by atoms with van der Waals surface area (Å²) in [4.78, 5) is 15.1. The molecule has 0 fully saturated rings. The van der Waals surface area contributed by atoms with Gasteiger partial charge in [-0.05, 0) is 42.5 Å². The van der Waals surface area contributed by atoms with Crippen LogP contribution in [0.2, 0.25) is 0 Å². The van der Waals surface area contributed by atoms with Crippen LogP contribution >= 0.6 is 0 Å². The minimum atomic E-state index is 0.759. The summed E-state index contributed by atoms with van der Waals surface area (Å²) < 4.78 is 9.78. The number of ether oxygens (including phenoxy) is 1. The Morgan fingerprint density at radius 2 is 1.35 bits per heavy atom. The number of nitrogens with zero attached hydrogens (tertiary/aromatic N) is 5. The first-order chi connectivity index (χ1) is 16.8. The van der Waals surface area contributed by atoms with Crippen LogP contribution in [0.15, 0.2) is 97.2 Å². The molecule has 34 heavy (non-hydrogen) atoms. The van der Waals surface area contributed by atoms with Crippen molar-refractivity contribution >= 4 is 44.3 Å². The molecule has 0 N–H and O–H groups in total. The molecule has 6 heteroatoms. The molecule has 0 radical (unpaired) electrons. The first-order valence-electron chi connectivity index (χ1n) is 11.1. The number of pyridine rings is 1. The van der Waals surface area contributed by atoms with Crippen molar-refractivity contribution in [1.82, 2.24) is 24.1 Å². The average molecular weight is 441 g/mol. The molecule has 7 rings (SSSR count). The Balaban J connectivity index is 1.68. The minimum Gasteiger partial charge on any atom is -0.497 e. The number of methoxy groups -OCH3 is 1. The van der Waals surface area contributed by atoms with E-state index in [-0.39, 0.29) is 0 Å². The summed E-state index contributed by atoms with van der Waals surface area (Å²) in [5.41, 5.74) is 8.06. The van der Waals surface area contributed by atoms with Gasteiger partial charge >= 0.3 is 0 Å². The van der Waals surface area contributed by atoms with E-state index in [1.165, 1.54) is 0 Å². The van der Waals surface area contributed by atoms with Crippen LogP contribution < -0.4 is 4.74 Å². The van der Waals surface area contributed by atoms with Crippen molar-refractivity contribution in [2.75, 3.05) is 7.11 Å². The molecule has 162 valence electrons. The lowest BCUT2D eigenvalue weighted by molar-refractivity contribution is 0.414. The van der Waals surface area contributed by atoms with Gasteiger partial charge in [0, 0.05) is 23.3 Å². The predicted molar refractivity (Wildman–Crippen MR) is 135 cm³/mol. The summed E-state index contributed by atoms with van der Waals surface area (Å²) in [5.74, 6) is 0.781. The molecule has 0 aliphatic carbocycles. The third-order valence-corrected chi connectivity index (χ3v) is 6.26. The molecule has 4 heterocycles. The van der Waals surface area contributed by atoms with E-state index >= 15 is 0 Å². The maximum Gasteiger partial charge on any atom is 0.168 e. The van der Waals surface area contributed by atoms with Gasteiger partial charge in [0.05, 0.1) is 23.8 Å². The van der Waals surface area contributed by atoms with Gasteiger partial charge in [-0.15, -0.1) is 0 Å². The van der Waals surface area contributed by atoms with Crippen LogP contribution in [0.25, 0.3) is 55.6 Å². The number of benzene rings is 3. The highest BCUT2D eigenvalue weighted by atomic mass is 16.5. The fourth-order valence-corrected chi connectivity index (χ4v) is 4.78. The summed E-state index contributed by atoms with van der Waals surface area (Å²) in [7, 11) is 1.67. The molecule has 3 aromatic carbocycles. The smallest absolute Gasteiger partial charge is 0.168 e. The highest BCUT2D eigenvalue weighted by Gasteiger charge is 2.21. The molecule has 0 aliphatic heterocycles. The van der Waals surface area contributed by atoms with E-state index in [0.717, 1.165) is 61.4 Å². The zero-order valence-corrected chi connectivity index (χ0v) is 18.4. The fraction of sp³-hybridized carbons (Fsp3) is 0.0357.